The van der Waals surface area contributed by atoms with E-state index in [2.05, 4.69) is 26.7 Å². The summed E-state index contributed by atoms with van der Waals surface area (Å²) in [5, 5.41) is 6.10. The van der Waals surface area contributed by atoms with Gasteiger partial charge in [-0.15, -0.1) is 0 Å². The summed E-state index contributed by atoms with van der Waals surface area (Å²) in [6.45, 7) is 1.28. The number of hydrogen-bond acceptors (Lipinski definition) is 4. The van der Waals surface area contributed by atoms with Gasteiger partial charge in [0.1, 0.15) is 5.69 Å². The van der Waals surface area contributed by atoms with Crippen LogP contribution in [0.2, 0.25) is 0 Å². The van der Waals surface area contributed by atoms with Crippen LogP contribution in [-0.4, -0.2) is 22.4 Å². The second-order valence-corrected chi connectivity index (χ2v) is 6.22. The van der Waals surface area contributed by atoms with E-state index in [1.807, 2.05) is 30.3 Å². The fourth-order valence-corrected chi connectivity index (χ4v) is 2.91. The summed E-state index contributed by atoms with van der Waals surface area (Å²) in [4.78, 5) is 20.7. The van der Waals surface area contributed by atoms with Gasteiger partial charge in [-0.25, -0.2) is 9.97 Å². The van der Waals surface area contributed by atoms with Crippen LogP contribution in [0.25, 0.3) is 0 Å². The van der Waals surface area contributed by atoms with Gasteiger partial charge in [0, 0.05) is 19.3 Å². The minimum Gasteiger partial charge on any atom is -0.350 e. The molecule has 5 nitrogen and oxygen atoms in total. The maximum atomic E-state index is 12.3. The molecule has 1 amide bonds. The summed E-state index contributed by atoms with van der Waals surface area (Å²) >= 11 is 0. The Labute approximate surface area is 148 Å². The molecular formula is C20H24N4O. The Hall–Kier alpha value is -2.69. The first-order chi connectivity index (χ1) is 12.3. The lowest BCUT2D eigenvalue weighted by Crippen LogP contribution is -2.26. The molecule has 1 aliphatic rings. The van der Waals surface area contributed by atoms with E-state index >= 15 is 0 Å². The van der Waals surface area contributed by atoms with Crippen molar-refractivity contribution in [2.24, 2.45) is 0 Å². The first kappa shape index (κ1) is 17.1. The van der Waals surface area contributed by atoms with E-state index in [1.54, 1.807) is 12.3 Å². The number of benzene rings is 1. The zero-order chi connectivity index (χ0) is 17.3. The Kier molecular flexibility index (Phi) is 6.15. The molecule has 0 saturated carbocycles. The van der Waals surface area contributed by atoms with Crippen molar-refractivity contribution in [1.29, 1.82) is 0 Å². The van der Waals surface area contributed by atoms with Crippen molar-refractivity contribution in [3.63, 3.8) is 0 Å². The van der Waals surface area contributed by atoms with Crippen molar-refractivity contribution >= 4 is 11.9 Å². The van der Waals surface area contributed by atoms with Crippen LogP contribution >= 0.6 is 0 Å². The molecule has 5 heteroatoms. The number of carbonyl (C=O) groups is 1. The van der Waals surface area contributed by atoms with Crippen LogP contribution in [0.4, 0.5) is 5.95 Å². The van der Waals surface area contributed by atoms with Crippen molar-refractivity contribution in [2.45, 2.75) is 38.6 Å². The minimum absolute atomic E-state index is 0.151. The average Bonchev–Trinajstić information content (AvgIpc) is 2.68. The fourth-order valence-electron chi connectivity index (χ4n) is 2.91. The van der Waals surface area contributed by atoms with Crippen molar-refractivity contribution in [3.8, 4) is 0 Å². The Balaban J connectivity index is 1.49. The van der Waals surface area contributed by atoms with E-state index in [9.17, 15) is 4.79 Å². The third-order valence-corrected chi connectivity index (χ3v) is 4.30. The molecule has 2 N–H and O–H groups in total. The van der Waals surface area contributed by atoms with Gasteiger partial charge in [-0.1, -0.05) is 42.0 Å². The van der Waals surface area contributed by atoms with E-state index in [-0.39, 0.29) is 5.91 Å². The second kappa shape index (κ2) is 8.97. The molecule has 0 fully saturated rings. The lowest BCUT2D eigenvalue weighted by molar-refractivity contribution is 0.0949. The molecule has 3 rings (SSSR count). The van der Waals surface area contributed by atoms with Crippen LogP contribution < -0.4 is 10.6 Å². The number of amides is 1. The van der Waals surface area contributed by atoms with Crippen molar-refractivity contribution in [1.82, 2.24) is 15.3 Å². The molecule has 1 aromatic carbocycles. The molecule has 0 saturated heterocycles. The Morgan fingerprint density at radius 2 is 2.00 bits per heavy atom. The van der Waals surface area contributed by atoms with Crippen LogP contribution in [0.15, 0.2) is 54.2 Å². The van der Waals surface area contributed by atoms with Crippen molar-refractivity contribution < 1.29 is 4.79 Å². The smallest absolute Gasteiger partial charge is 0.270 e. The van der Waals surface area contributed by atoms with Crippen LogP contribution in [0.3, 0.4) is 0 Å². The second-order valence-electron chi connectivity index (χ2n) is 6.22. The zero-order valence-corrected chi connectivity index (χ0v) is 14.4. The van der Waals surface area contributed by atoms with Crippen LogP contribution in [0.5, 0.6) is 0 Å². The quantitative estimate of drug-likeness (QED) is 0.757. The third kappa shape index (κ3) is 5.41. The van der Waals surface area contributed by atoms with Gasteiger partial charge in [0.25, 0.3) is 5.91 Å². The van der Waals surface area contributed by atoms with E-state index in [0.717, 1.165) is 18.4 Å². The van der Waals surface area contributed by atoms with Crippen LogP contribution in [0.1, 0.15) is 48.2 Å². The lowest BCUT2D eigenvalue weighted by Gasteiger charge is -2.13. The summed E-state index contributed by atoms with van der Waals surface area (Å²) in [5.74, 6) is 0.313. The minimum atomic E-state index is -0.151. The molecule has 0 aliphatic heterocycles. The molecule has 25 heavy (non-hydrogen) atoms. The zero-order valence-electron chi connectivity index (χ0n) is 14.4. The summed E-state index contributed by atoms with van der Waals surface area (Å²) in [6, 6.07) is 11.7. The molecule has 1 aliphatic carbocycles. The summed E-state index contributed by atoms with van der Waals surface area (Å²) in [6.07, 6.45) is 9.74. The van der Waals surface area contributed by atoms with Gasteiger partial charge in [-0.2, -0.15) is 0 Å². The summed E-state index contributed by atoms with van der Waals surface area (Å²) in [5.41, 5.74) is 2.99. The van der Waals surface area contributed by atoms with E-state index in [4.69, 9.17) is 0 Å². The molecule has 1 aromatic heterocycles. The van der Waals surface area contributed by atoms with Gasteiger partial charge < -0.3 is 10.6 Å². The predicted octanol–water partition coefficient (Wildman–Crippen LogP) is 3.71. The van der Waals surface area contributed by atoms with Crippen LogP contribution in [-0.2, 0) is 6.54 Å². The van der Waals surface area contributed by atoms with Gasteiger partial charge in [-0.05, 0) is 43.7 Å². The summed E-state index contributed by atoms with van der Waals surface area (Å²) < 4.78 is 0. The number of aromatic nitrogens is 2. The molecule has 130 valence electrons. The Bertz CT molecular complexity index is 727. The molecule has 2 aromatic rings. The summed E-state index contributed by atoms with van der Waals surface area (Å²) in [7, 11) is 0. The van der Waals surface area contributed by atoms with E-state index in [1.165, 1.54) is 24.8 Å². The third-order valence-electron chi connectivity index (χ3n) is 4.30. The predicted molar refractivity (Wildman–Crippen MR) is 99.3 cm³/mol. The molecular weight excluding hydrogens is 312 g/mol. The highest BCUT2D eigenvalue weighted by atomic mass is 16.1. The van der Waals surface area contributed by atoms with Crippen molar-refractivity contribution in [3.05, 3.63) is 65.5 Å². The van der Waals surface area contributed by atoms with E-state index < -0.39 is 0 Å². The van der Waals surface area contributed by atoms with Gasteiger partial charge in [-0.3, -0.25) is 4.79 Å². The van der Waals surface area contributed by atoms with Crippen LogP contribution in [0, 0.1) is 0 Å². The van der Waals surface area contributed by atoms with Gasteiger partial charge >= 0.3 is 0 Å². The number of carbonyl (C=O) groups excluding carboxylic acids is 1. The van der Waals surface area contributed by atoms with Gasteiger partial charge in [0.15, 0.2) is 0 Å². The highest BCUT2D eigenvalue weighted by molar-refractivity contribution is 5.92. The van der Waals surface area contributed by atoms with E-state index in [0.29, 0.717) is 24.7 Å². The largest absolute Gasteiger partial charge is 0.350 e. The fraction of sp³-hybridized carbons (Fsp3) is 0.350. The molecule has 0 atom stereocenters. The SMILES string of the molecule is O=C(NCCC1=CCCCC1)c1ccnc(NCc2ccccc2)n1. The number of nitrogens with zero attached hydrogens (tertiary/aromatic N) is 2. The highest BCUT2D eigenvalue weighted by Crippen LogP contribution is 2.19. The number of rotatable bonds is 7. The topological polar surface area (TPSA) is 66.9 Å². The molecule has 0 bridgehead atoms. The number of anilines is 1. The monoisotopic (exact) mass is 336 g/mol. The first-order valence-electron chi connectivity index (χ1n) is 8.88. The first-order valence-corrected chi connectivity index (χ1v) is 8.88. The standard InChI is InChI=1S/C20H24N4O/c25-19(21-13-11-16-7-3-1-4-8-16)18-12-14-22-20(24-18)23-15-17-9-5-2-6-10-17/h2,5-7,9-10,12,14H,1,3-4,8,11,13,15H2,(H,21,25)(H,22,23,24). The maximum Gasteiger partial charge on any atom is 0.270 e. The normalized spacial score (nSPS) is 13.8. The Morgan fingerprint density at radius 3 is 2.80 bits per heavy atom. The number of allylic oxidation sites excluding steroid dienone is 1. The number of hydrogen-bond donors (Lipinski definition) is 2. The maximum absolute atomic E-state index is 12.3. The average molecular weight is 336 g/mol. The number of nitrogens with one attached hydrogen (secondary N) is 2. The molecule has 0 radical (unpaired) electrons. The van der Waals surface area contributed by atoms with Gasteiger partial charge in [0.05, 0.1) is 0 Å². The van der Waals surface area contributed by atoms with Gasteiger partial charge in [0.2, 0.25) is 5.95 Å². The highest BCUT2D eigenvalue weighted by Gasteiger charge is 2.09. The van der Waals surface area contributed by atoms with Crippen molar-refractivity contribution in [2.75, 3.05) is 11.9 Å². The Morgan fingerprint density at radius 1 is 1.12 bits per heavy atom. The lowest BCUT2D eigenvalue weighted by atomic mass is 9.97. The molecule has 0 unspecified atom stereocenters. The molecule has 1 heterocycles. The molecule has 0 spiro atoms.